The predicted molar refractivity (Wildman–Crippen MR) is 43.8 cm³/mol. The average molecular weight is 155 g/mol. The summed E-state index contributed by atoms with van der Waals surface area (Å²) in [4.78, 5) is 0. The third kappa shape index (κ3) is 1.29. The van der Waals surface area contributed by atoms with E-state index >= 15 is 0 Å². The fourth-order valence-corrected chi connectivity index (χ4v) is 1.30. The number of hydrogen-bond acceptors (Lipinski definition) is 4. The first-order valence-electron chi connectivity index (χ1n) is 2.79. The maximum atomic E-state index is 5.27. The first kappa shape index (κ1) is 7.11. The Bertz CT molecular complexity index is 215. The van der Waals surface area contributed by atoms with Crippen molar-refractivity contribution in [3.63, 3.8) is 0 Å². The molecule has 0 saturated carbocycles. The lowest BCUT2D eigenvalue weighted by Gasteiger charge is -2.00. The van der Waals surface area contributed by atoms with Crippen LogP contribution < -0.4 is 17.0 Å². The van der Waals surface area contributed by atoms with Crippen molar-refractivity contribution < 1.29 is 0 Å². The van der Waals surface area contributed by atoms with Crippen LogP contribution in [0.5, 0.6) is 0 Å². The second-order valence-corrected chi connectivity index (χ2v) is 2.52. The fraction of sp³-hybridized carbons (Fsp3) is 0. The minimum absolute atomic E-state index is 0.751. The molecule has 0 amide bonds. The van der Waals surface area contributed by atoms with Crippen LogP contribution in [0, 0.1) is 0 Å². The van der Waals surface area contributed by atoms with Gasteiger partial charge >= 0.3 is 0 Å². The number of rotatable bonds is 2. The van der Waals surface area contributed by atoms with Crippen LogP contribution >= 0.6 is 11.3 Å². The predicted octanol–water partition coefficient (Wildman–Crippen LogP) is 0.469. The van der Waals surface area contributed by atoms with Gasteiger partial charge in [-0.15, -0.1) is 0 Å². The van der Waals surface area contributed by atoms with Gasteiger partial charge in [-0.3, -0.25) is 5.84 Å². The van der Waals surface area contributed by atoms with Crippen molar-refractivity contribution in [3.8, 4) is 0 Å². The summed E-state index contributed by atoms with van der Waals surface area (Å²) in [6.45, 7) is 0. The molecule has 0 aliphatic carbocycles. The van der Waals surface area contributed by atoms with Crippen molar-refractivity contribution in [1.29, 1.82) is 0 Å². The van der Waals surface area contributed by atoms with E-state index in [2.05, 4.69) is 5.43 Å². The lowest BCUT2D eigenvalue weighted by atomic mass is 10.3. The molecule has 0 atom stereocenters. The molecule has 0 saturated heterocycles. The average Bonchev–Trinajstić information content (AvgIpc) is 2.43. The maximum Gasteiger partial charge on any atom is 0.0721 e. The van der Waals surface area contributed by atoms with Gasteiger partial charge < -0.3 is 11.2 Å². The number of hydrogen-bond donors (Lipinski definition) is 3. The molecule has 0 radical (unpaired) electrons. The summed E-state index contributed by atoms with van der Waals surface area (Å²) in [6.07, 6.45) is 1.45. The summed E-state index contributed by atoms with van der Waals surface area (Å²) in [5.74, 6) is 5.18. The first-order valence-corrected chi connectivity index (χ1v) is 3.74. The lowest BCUT2D eigenvalue weighted by Crippen LogP contribution is -2.20. The molecule has 1 aromatic rings. The quantitative estimate of drug-likeness (QED) is 0.429. The van der Waals surface area contributed by atoms with Gasteiger partial charge in [0.1, 0.15) is 0 Å². The molecule has 0 aromatic carbocycles. The highest BCUT2D eigenvalue weighted by Gasteiger charge is 1.96. The highest BCUT2D eigenvalue weighted by atomic mass is 32.1. The normalized spacial score (nSPS) is 11.5. The molecule has 10 heavy (non-hydrogen) atoms. The zero-order valence-corrected chi connectivity index (χ0v) is 6.19. The topological polar surface area (TPSA) is 64.1 Å². The molecule has 0 aliphatic heterocycles. The van der Waals surface area contributed by atoms with E-state index in [9.17, 15) is 0 Å². The van der Waals surface area contributed by atoms with Crippen LogP contribution in [0.3, 0.4) is 0 Å². The second kappa shape index (κ2) is 3.24. The van der Waals surface area contributed by atoms with Gasteiger partial charge in [0.2, 0.25) is 0 Å². The van der Waals surface area contributed by atoms with E-state index in [0.29, 0.717) is 0 Å². The SMILES string of the molecule is N/C=C(\NN)c1ccsc1. The standard InChI is InChI=1S/C6H9N3S/c7-3-6(9-8)5-1-2-10-4-5/h1-4,9H,7-8H2/b6-3-. The van der Waals surface area contributed by atoms with Crippen LogP contribution in [0.15, 0.2) is 23.0 Å². The number of nitrogens with two attached hydrogens (primary N) is 2. The molecule has 54 valence electrons. The summed E-state index contributed by atoms with van der Waals surface area (Å²) in [6, 6.07) is 1.95. The van der Waals surface area contributed by atoms with Gasteiger partial charge in [-0.25, -0.2) is 0 Å². The van der Waals surface area contributed by atoms with Crippen molar-refractivity contribution in [2.75, 3.05) is 0 Å². The molecule has 1 rings (SSSR count). The molecule has 1 aromatic heterocycles. The van der Waals surface area contributed by atoms with E-state index in [0.717, 1.165) is 11.3 Å². The van der Waals surface area contributed by atoms with E-state index in [1.807, 2.05) is 16.8 Å². The van der Waals surface area contributed by atoms with Crippen LogP contribution in [0.2, 0.25) is 0 Å². The molecule has 3 nitrogen and oxygen atoms in total. The van der Waals surface area contributed by atoms with E-state index in [1.54, 1.807) is 11.3 Å². The molecule has 0 bridgehead atoms. The fourth-order valence-electron chi connectivity index (χ4n) is 0.645. The van der Waals surface area contributed by atoms with Crippen molar-refractivity contribution in [3.05, 3.63) is 28.6 Å². The number of thiophene rings is 1. The first-order chi connectivity index (χ1) is 4.88. The Labute approximate surface area is 63.3 Å². The second-order valence-electron chi connectivity index (χ2n) is 1.74. The van der Waals surface area contributed by atoms with Gasteiger partial charge in [-0.05, 0) is 11.4 Å². The van der Waals surface area contributed by atoms with Crippen LogP contribution in [-0.4, -0.2) is 0 Å². The Balaban J connectivity index is 2.85. The molecule has 5 N–H and O–H groups in total. The molecule has 4 heteroatoms. The van der Waals surface area contributed by atoms with Gasteiger partial charge in [-0.2, -0.15) is 11.3 Å². The smallest absolute Gasteiger partial charge is 0.0721 e. The maximum absolute atomic E-state index is 5.27. The van der Waals surface area contributed by atoms with Crippen LogP contribution in [0.1, 0.15) is 5.56 Å². The Morgan fingerprint density at radius 2 is 2.50 bits per heavy atom. The third-order valence-corrected chi connectivity index (χ3v) is 1.84. The van der Waals surface area contributed by atoms with Gasteiger partial charge in [0.25, 0.3) is 0 Å². The summed E-state index contributed by atoms with van der Waals surface area (Å²) in [5, 5.41) is 3.94. The summed E-state index contributed by atoms with van der Waals surface area (Å²) < 4.78 is 0. The van der Waals surface area contributed by atoms with Crippen molar-refractivity contribution in [1.82, 2.24) is 5.43 Å². The third-order valence-electron chi connectivity index (χ3n) is 1.15. The van der Waals surface area contributed by atoms with Crippen LogP contribution in [-0.2, 0) is 0 Å². The molecule has 0 aliphatic rings. The van der Waals surface area contributed by atoms with Crippen molar-refractivity contribution in [2.24, 2.45) is 11.6 Å². The number of nitrogens with one attached hydrogen (secondary N) is 1. The molecule has 0 fully saturated rings. The van der Waals surface area contributed by atoms with Gasteiger partial charge in [-0.1, -0.05) is 0 Å². The van der Waals surface area contributed by atoms with Crippen LogP contribution in [0.4, 0.5) is 0 Å². The van der Waals surface area contributed by atoms with Crippen molar-refractivity contribution >= 4 is 17.0 Å². The molecular weight excluding hydrogens is 146 g/mol. The Morgan fingerprint density at radius 1 is 1.70 bits per heavy atom. The van der Waals surface area contributed by atoms with E-state index in [1.165, 1.54) is 6.20 Å². The summed E-state index contributed by atoms with van der Waals surface area (Å²) in [5.41, 5.74) is 9.55. The molecular formula is C6H9N3S. The van der Waals surface area contributed by atoms with Gasteiger partial charge in [0.05, 0.1) is 5.70 Å². The highest BCUT2D eigenvalue weighted by Crippen LogP contribution is 2.12. The zero-order chi connectivity index (χ0) is 7.40. The molecule has 1 heterocycles. The minimum Gasteiger partial charge on any atom is -0.403 e. The highest BCUT2D eigenvalue weighted by molar-refractivity contribution is 7.08. The monoisotopic (exact) mass is 155 g/mol. The molecule has 0 unspecified atom stereocenters. The molecule has 0 spiro atoms. The zero-order valence-electron chi connectivity index (χ0n) is 5.37. The number of hydrazine groups is 1. The summed E-state index contributed by atoms with van der Waals surface area (Å²) in [7, 11) is 0. The van der Waals surface area contributed by atoms with Gasteiger partial charge in [0.15, 0.2) is 0 Å². The van der Waals surface area contributed by atoms with E-state index in [-0.39, 0.29) is 0 Å². The Hall–Kier alpha value is -1.00. The minimum atomic E-state index is 0.751. The largest absolute Gasteiger partial charge is 0.403 e. The Kier molecular flexibility index (Phi) is 2.30. The van der Waals surface area contributed by atoms with Crippen molar-refractivity contribution in [2.45, 2.75) is 0 Å². The van der Waals surface area contributed by atoms with E-state index in [4.69, 9.17) is 11.6 Å². The summed E-state index contributed by atoms with van der Waals surface area (Å²) >= 11 is 1.61. The lowest BCUT2D eigenvalue weighted by molar-refractivity contribution is 0.989. The van der Waals surface area contributed by atoms with E-state index < -0.39 is 0 Å². The van der Waals surface area contributed by atoms with Gasteiger partial charge in [0, 0.05) is 17.1 Å². The Morgan fingerprint density at radius 3 is 2.90 bits per heavy atom. The van der Waals surface area contributed by atoms with Crippen LogP contribution in [0.25, 0.3) is 5.70 Å².